The van der Waals surface area contributed by atoms with Gasteiger partial charge >= 0.3 is 5.76 Å². The third kappa shape index (κ3) is 3.65. The summed E-state index contributed by atoms with van der Waals surface area (Å²) in [4.78, 5) is 23.8. The Hall–Kier alpha value is -3.02. The van der Waals surface area contributed by atoms with Gasteiger partial charge in [-0.15, -0.1) is 0 Å². The van der Waals surface area contributed by atoms with Crippen molar-refractivity contribution >= 4 is 17.0 Å². The zero-order valence-corrected chi connectivity index (χ0v) is 13.3. The number of carbonyl (C=O) groups excluding carboxylic acids is 1. The highest BCUT2D eigenvalue weighted by atomic mass is 16.5. The van der Waals surface area contributed by atoms with Crippen LogP contribution in [0.1, 0.15) is 5.56 Å². The molecular weight excluding hydrogens is 308 g/mol. The predicted molar refractivity (Wildman–Crippen MR) is 90.2 cm³/mol. The maximum Gasteiger partial charge on any atom is 0.420 e. The molecule has 0 saturated heterocycles. The van der Waals surface area contributed by atoms with Crippen molar-refractivity contribution in [3.05, 3.63) is 64.6 Å². The molecule has 3 aromatic rings. The number of rotatable bonds is 6. The normalized spacial score (nSPS) is 10.7. The Labute approximate surface area is 138 Å². The molecule has 0 atom stereocenters. The Morgan fingerprint density at radius 3 is 2.88 bits per heavy atom. The molecule has 0 aliphatic rings. The van der Waals surface area contributed by atoms with Crippen molar-refractivity contribution in [2.45, 2.75) is 13.5 Å². The highest BCUT2D eigenvalue weighted by Gasteiger charge is 2.11. The van der Waals surface area contributed by atoms with Crippen molar-refractivity contribution in [2.75, 3.05) is 13.2 Å². The molecule has 24 heavy (non-hydrogen) atoms. The van der Waals surface area contributed by atoms with E-state index in [1.54, 1.807) is 24.3 Å². The van der Waals surface area contributed by atoms with E-state index in [4.69, 9.17) is 9.15 Å². The standard InChI is InChI=1S/C18H18N2O4/c1-13-5-4-6-14(11-13)23-10-9-19-17(21)12-20-15-7-2-3-8-16(15)24-18(20)22/h2-8,11H,9-10,12H2,1H3,(H,19,21). The van der Waals surface area contributed by atoms with Gasteiger partial charge in [0, 0.05) is 0 Å². The molecule has 2 aromatic carbocycles. The molecule has 0 saturated carbocycles. The van der Waals surface area contributed by atoms with E-state index in [1.807, 2.05) is 31.2 Å². The highest BCUT2D eigenvalue weighted by molar-refractivity contribution is 5.79. The fourth-order valence-electron chi connectivity index (χ4n) is 2.43. The highest BCUT2D eigenvalue weighted by Crippen LogP contribution is 2.12. The molecule has 3 rings (SSSR count). The van der Waals surface area contributed by atoms with Gasteiger partial charge in [0.15, 0.2) is 5.58 Å². The van der Waals surface area contributed by atoms with Gasteiger partial charge in [0.2, 0.25) is 5.91 Å². The van der Waals surface area contributed by atoms with Gasteiger partial charge in [0.25, 0.3) is 0 Å². The number of ether oxygens (including phenoxy) is 1. The van der Waals surface area contributed by atoms with E-state index in [0.717, 1.165) is 11.3 Å². The lowest BCUT2D eigenvalue weighted by molar-refractivity contribution is -0.121. The zero-order chi connectivity index (χ0) is 16.9. The minimum Gasteiger partial charge on any atom is -0.492 e. The minimum absolute atomic E-state index is 0.0830. The largest absolute Gasteiger partial charge is 0.492 e. The SMILES string of the molecule is Cc1cccc(OCCNC(=O)Cn2c(=O)oc3ccccc32)c1. The van der Waals surface area contributed by atoms with Crippen LogP contribution in [0.5, 0.6) is 5.75 Å². The van der Waals surface area contributed by atoms with E-state index in [0.29, 0.717) is 24.3 Å². The summed E-state index contributed by atoms with van der Waals surface area (Å²) in [5, 5.41) is 2.73. The van der Waals surface area contributed by atoms with E-state index in [1.165, 1.54) is 4.57 Å². The number of aromatic nitrogens is 1. The average Bonchev–Trinajstić information content (AvgIpc) is 2.88. The Bertz CT molecular complexity index is 911. The number of amides is 1. The van der Waals surface area contributed by atoms with Crippen molar-refractivity contribution in [3.8, 4) is 5.75 Å². The van der Waals surface area contributed by atoms with E-state index in [9.17, 15) is 9.59 Å². The van der Waals surface area contributed by atoms with Crippen molar-refractivity contribution in [1.82, 2.24) is 9.88 Å². The minimum atomic E-state index is -0.539. The molecule has 1 N–H and O–H groups in total. The fourth-order valence-corrected chi connectivity index (χ4v) is 2.43. The Balaban J connectivity index is 1.52. The number of benzene rings is 2. The number of oxazole rings is 1. The number of nitrogens with one attached hydrogen (secondary N) is 1. The number of aryl methyl sites for hydroxylation is 1. The van der Waals surface area contributed by atoms with Crippen LogP contribution < -0.4 is 15.8 Å². The number of hydrogen-bond acceptors (Lipinski definition) is 4. The molecule has 0 unspecified atom stereocenters. The molecule has 124 valence electrons. The van der Waals surface area contributed by atoms with Crippen LogP contribution in [0.2, 0.25) is 0 Å². The molecule has 0 spiro atoms. The van der Waals surface area contributed by atoms with Gasteiger partial charge in [0.1, 0.15) is 18.9 Å². The monoisotopic (exact) mass is 326 g/mol. The lowest BCUT2D eigenvalue weighted by atomic mass is 10.2. The Kier molecular flexibility index (Phi) is 4.65. The maximum absolute atomic E-state index is 12.0. The molecule has 6 nitrogen and oxygen atoms in total. The number of fused-ring (bicyclic) bond motifs is 1. The van der Waals surface area contributed by atoms with Crippen LogP contribution in [0.25, 0.3) is 11.1 Å². The van der Waals surface area contributed by atoms with Gasteiger partial charge in [-0.2, -0.15) is 0 Å². The summed E-state index contributed by atoms with van der Waals surface area (Å²) in [6.45, 7) is 2.62. The van der Waals surface area contributed by atoms with Crippen LogP contribution in [-0.4, -0.2) is 23.6 Å². The second kappa shape index (κ2) is 7.04. The van der Waals surface area contributed by atoms with Crippen molar-refractivity contribution < 1.29 is 13.9 Å². The van der Waals surface area contributed by atoms with Crippen LogP contribution >= 0.6 is 0 Å². The zero-order valence-electron chi connectivity index (χ0n) is 13.3. The van der Waals surface area contributed by atoms with Crippen molar-refractivity contribution in [3.63, 3.8) is 0 Å². The third-order valence-electron chi connectivity index (χ3n) is 3.56. The number of carbonyl (C=O) groups is 1. The molecule has 0 aliphatic carbocycles. The Morgan fingerprint density at radius 2 is 2.04 bits per heavy atom. The quantitative estimate of drug-likeness (QED) is 0.704. The van der Waals surface area contributed by atoms with Crippen LogP contribution in [0.15, 0.2) is 57.7 Å². The first-order chi connectivity index (χ1) is 11.6. The molecule has 0 aliphatic heterocycles. The van der Waals surface area contributed by atoms with Crippen molar-refractivity contribution in [1.29, 1.82) is 0 Å². The van der Waals surface area contributed by atoms with Crippen LogP contribution in [0.3, 0.4) is 0 Å². The van der Waals surface area contributed by atoms with Gasteiger partial charge in [-0.25, -0.2) is 4.79 Å². The first-order valence-electron chi connectivity index (χ1n) is 7.68. The molecule has 1 amide bonds. The molecule has 1 heterocycles. The lowest BCUT2D eigenvalue weighted by Crippen LogP contribution is -2.33. The van der Waals surface area contributed by atoms with Crippen molar-refractivity contribution in [2.24, 2.45) is 0 Å². The summed E-state index contributed by atoms with van der Waals surface area (Å²) in [6, 6.07) is 14.7. The summed E-state index contributed by atoms with van der Waals surface area (Å²) < 4.78 is 12.0. The van der Waals surface area contributed by atoms with E-state index < -0.39 is 5.76 Å². The van der Waals surface area contributed by atoms with Gasteiger partial charge in [-0.3, -0.25) is 9.36 Å². The summed E-state index contributed by atoms with van der Waals surface area (Å²) in [5.41, 5.74) is 2.19. The van der Waals surface area contributed by atoms with E-state index in [-0.39, 0.29) is 12.5 Å². The molecule has 6 heteroatoms. The van der Waals surface area contributed by atoms with E-state index in [2.05, 4.69) is 5.32 Å². The summed E-state index contributed by atoms with van der Waals surface area (Å²) in [5.74, 6) is -0.0415. The molecule has 0 radical (unpaired) electrons. The topological polar surface area (TPSA) is 73.5 Å². The molecule has 1 aromatic heterocycles. The number of para-hydroxylation sites is 2. The first kappa shape index (κ1) is 15.9. The van der Waals surface area contributed by atoms with Gasteiger partial charge in [0.05, 0.1) is 12.1 Å². The smallest absolute Gasteiger partial charge is 0.420 e. The van der Waals surface area contributed by atoms with Gasteiger partial charge in [-0.1, -0.05) is 24.3 Å². The second-order valence-corrected chi connectivity index (χ2v) is 5.44. The average molecular weight is 326 g/mol. The third-order valence-corrected chi connectivity index (χ3v) is 3.56. The number of hydrogen-bond donors (Lipinski definition) is 1. The fraction of sp³-hybridized carbons (Fsp3) is 0.222. The van der Waals surface area contributed by atoms with Gasteiger partial charge in [-0.05, 0) is 36.8 Å². The number of nitrogens with zero attached hydrogens (tertiary/aromatic N) is 1. The van der Waals surface area contributed by atoms with Crippen LogP contribution in [0.4, 0.5) is 0 Å². The molecule has 0 bridgehead atoms. The first-order valence-corrected chi connectivity index (χ1v) is 7.68. The lowest BCUT2D eigenvalue weighted by Gasteiger charge is -2.08. The van der Waals surface area contributed by atoms with Crippen LogP contribution in [0, 0.1) is 6.92 Å². The van der Waals surface area contributed by atoms with E-state index >= 15 is 0 Å². The maximum atomic E-state index is 12.0. The Morgan fingerprint density at radius 1 is 1.21 bits per heavy atom. The second-order valence-electron chi connectivity index (χ2n) is 5.44. The van der Waals surface area contributed by atoms with Crippen LogP contribution in [-0.2, 0) is 11.3 Å². The molecular formula is C18H18N2O4. The summed E-state index contributed by atoms with van der Waals surface area (Å²) >= 11 is 0. The summed E-state index contributed by atoms with van der Waals surface area (Å²) in [6.07, 6.45) is 0. The predicted octanol–water partition coefficient (Wildman–Crippen LogP) is 2.10. The van der Waals surface area contributed by atoms with Gasteiger partial charge < -0.3 is 14.5 Å². The molecule has 0 fully saturated rings. The summed E-state index contributed by atoms with van der Waals surface area (Å²) in [7, 11) is 0.